The van der Waals surface area contributed by atoms with Gasteiger partial charge in [0, 0.05) is 12.6 Å². The van der Waals surface area contributed by atoms with Crippen LogP contribution in [0.3, 0.4) is 0 Å². The van der Waals surface area contributed by atoms with Crippen molar-refractivity contribution in [1.29, 1.82) is 0 Å². The summed E-state index contributed by atoms with van der Waals surface area (Å²) in [5, 5.41) is 0. The van der Waals surface area contributed by atoms with Crippen molar-refractivity contribution >= 4 is 41.3 Å². The SMILES string of the molecule is C=C(C)C(=O)OCCOC(=O)c1c(C)cccc1N1C(=O)C2C3C(=O)N(C)C(=O)C3C2C1=O. The summed E-state index contributed by atoms with van der Waals surface area (Å²) in [5.41, 5.74) is 0.709. The molecular weight excluding hydrogens is 432 g/mol. The highest BCUT2D eigenvalue weighted by molar-refractivity contribution is 6.28. The first-order valence-electron chi connectivity index (χ1n) is 10.4. The van der Waals surface area contributed by atoms with Crippen LogP contribution in [0.5, 0.6) is 0 Å². The number of carbonyl (C=O) groups excluding carboxylic acids is 6. The first-order valence-corrected chi connectivity index (χ1v) is 10.4. The summed E-state index contributed by atoms with van der Waals surface area (Å²) >= 11 is 0. The lowest BCUT2D eigenvalue weighted by atomic mass is 9.59. The third kappa shape index (κ3) is 3.24. The molecule has 1 aliphatic carbocycles. The van der Waals surface area contributed by atoms with E-state index in [2.05, 4.69) is 6.58 Å². The molecule has 1 saturated carbocycles. The van der Waals surface area contributed by atoms with Gasteiger partial charge in [-0.05, 0) is 25.5 Å². The predicted molar refractivity (Wildman–Crippen MR) is 111 cm³/mol. The van der Waals surface area contributed by atoms with Gasteiger partial charge in [-0.25, -0.2) is 14.5 Å². The van der Waals surface area contributed by atoms with Crippen LogP contribution in [0.1, 0.15) is 22.8 Å². The number of hydrogen-bond acceptors (Lipinski definition) is 8. The predicted octanol–water partition coefficient (Wildman–Crippen LogP) is 0.621. The molecule has 0 aromatic heterocycles. The number of ether oxygens (including phenoxy) is 2. The molecule has 0 bridgehead atoms. The number of imide groups is 2. The van der Waals surface area contributed by atoms with E-state index in [0.29, 0.717) is 5.56 Å². The molecule has 1 aromatic rings. The van der Waals surface area contributed by atoms with Gasteiger partial charge >= 0.3 is 11.9 Å². The van der Waals surface area contributed by atoms with Crippen LogP contribution >= 0.6 is 0 Å². The van der Waals surface area contributed by atoms with Gasteiger partial charge in [-0.3, -0.25) is 24.1 Å². The van der Waals surface area contributed by atoms with Gasteiger partial charge in [0.25, 0.3) is 0 Å². The van der Waals surface area contributed by atoms with Gasteiger partial charge in [0.1, 0.15) is 13.2 Å². The topological polar surface area (TPSA) is 127 Å². The Labute approximate surface area is 189 Å². The molecule has 0 N–H and O–H groups in total. The van der Waals surface area contributed by atoms with Crippen LogP contribution in [0.25, 0.3) is 0 Å². The zero-order valence-electron chi connectivity index (χ0n) is 18.3. The summed E-state index contributed by atoms with van der Waals surface area (Å²) < 4.78 is 10.1. The van der Waals surface area contributed by atoms with E-state index in [4.69, 9.17) is 9.47 Å². The second kappa shape index (κ2) is 7.95. The lowest BCUT2D eigenvalue weighted by molar-refractivity contribution is -0.146. The smallest absolute Gasteiger partial charge is 0.340 e. The molecule has 2 saturated heterocycles. The van der Waals surface area contributed by atoms with Gasteiger partial charge in [-0.1, -0.05) is 18.7 Å². The summed E-state index contributed by atoms with van der Waals surface area (Å²) in [5.74, 6) is -7.13. The Hall–Kier alpha value is -3.82. The number of aryl methyl sites for hydroxylation is 1. The van der Waals surface area contributed by atoms with E-state index in [-0.39, 0.29) is 30.0 Å². The van der Waals surface area contributed by atoms with Crippen molar-refractivity contribution < 1.29 is 38.2 Å². The molecule has 0 radical (unpaired) electrons. The number of hydrogen-bond donors (Lipinski definition) is 0. The summed E-state index contributed by atoms with van der Waals surface area (Å²) in [6.07, 6.45) is 0. The van der Waals surface area contributed by atoms with Crippen molar-refractivity contribution in [3.8, 4) is 0 Å². The third-order valence-electron chi connectivity index (χ3n) is 6.38. The molecule has 2 aliphatic heterocycles. The molecule has 33 heavy (non-hydrogen) atoms. The molecular formula is C23H22N2O8. The van der Waals surface area contributed by atoms with Gasteiger partial charge in [0.2, 0.25) is 23.6 Å². The van der Waals surface area contributed by atoms with Gasteiger partial charge in [0.15, 0.2) is 0 Å². The van der Waals surface area contributed by atoms with Crippen molar-refractivity contribution in [1.82, 2.24) is 4.90 Å². The minimum absolute atomic E-state index is 0.00617. The van der Waals surface area contributed by atoms with E-state index in [1.165, 1.54) is 20.0 Å². The molecule has 10 nitrogen and oxygen atoms in total. The molecule has 172 valence electrons. The number of esters is 2. The second-order valence-electron chi connectivity index (χ2n) is 8.37. The normalized spacial score (nSPS) is 25.5. The minimum Gasteiger partial charge on any atom is -0.459 e. The Bertz CT molecular complexity index is 1100. The van der Waals surface area contributed by atoms with E-state index in [9.17, 15) is 28.8 Å². The first-order chi connectivity index (χ1) is 15.6. The van der Waals surface area contributed by atoms with E-state index in [1.54, 1.807) is 19.1 Å². The molecule has 2 heterocycles. The zero-order chi connectivity index (χ0) is 24.2. The average Bonchev–Trinajstić information content (AvgIpc) is 3.05. The monoisotopic (exact) mass is 454 g/mol. The van der Waals surface area contributed by atoms with Crippen LogP contribution < -0.4 is 4.90 Å². The standard InChI is InChI=1S/C23H22N2O8/c1-10(2)22(30)32-8-9-33-23(31)13-11(3)6-5-7-12(13)25-20(28)16-14-15(17(16)21(25)29)19(27)24(4)18(14)26/h5-7,14-17H,1,8-9H2,2-4H3. The second-order valence-corrected chi connectivity index (χ2v) is 8.37. The number of likely N-dealkylation sites (tertiary alicyclic amines) is 1. The molecule has 3 fully saturated rings. The minimum atomic E-state index is -0.921. The fourth-order valence-electron chi connectivity index (χ4n) is 4.75. The Morgan fingerprint density at radius 2 is 1.42 bits per heavy atom. The highest BCUT2D eigenvalue weighted by atomic mass is 16.6. The lowest BCUT2D eigenvalue weighted by Crippen LogP contribution is -2.50. The van der Waals surface area contributed by atoms with E-state index >= 15 is 0 Å². The Morgan fingerprint density at radius 3 is 1.97 bits per heavy atom. The summed E-state index contributed by atoms with van der Waals surface area (Å²) in [4.78, 5) is 77.2. The fraction of sp³-hybridized carbons (Fsp3) is 0.391. The summed E-state index contributed by atoms with van der Waals surface area (Å²) in [6, 6.07) is 4.65. The molecule has 3 aliphatic rings. The van der Waals surface area contributed by atoms with E-state index < -0.39 is 59.2 Å². The average molecular weight is 454 g/mol. The lowest BCUT2D eigenvalue weighted by Gasteiger charge is -2.36. The summed E-state index contributed by atoms with van der Waals surface area (Å²) in [7, 11) is 1.34. The molecule has 4 atom stereocenters. The number of nitrogens with zero attached hydrogens (tertiary/aromatic N) is 2. The van der Waals surface area contributed by atoms with Gasteiger partial charge in [0.05, 0.1) is 34.9 Å². The highest BCUT2D eigenvalue weighted by Gasteiger charge is 2.73. The van der Waals surface area contributed by atoms with E-state index in [1.807, 2.05) is 0 Å². The van der Waals surface area contributed by atoms with Gasteiger partial charge in [-0.15, -0.1) is 0 Å². The van der Waals surface area contributed by atoms with Crippen molar-refractivity contribution in [2.45, 2.75) is 13.8 Å². The highest BCUT2D eigenvalue weighted by Crippen LogP contribution is 2.57. The number of carbonyl (C=O) groups is 6. The van der Waals surface area contributed by atoms with Crippen LogP contribution in [0, 0.1) is 30.6 Å². The number of amides is 4. The molecule has 0 spiro atoms. The van der Waals surface area contributed by atoms with Crippen LogP contribution in [-0.4, -0.2) is 60.7 Å². The van der Waals surface area contributed by atoms with Gasteiger partial charge < -0.3 is 9.47 Å². The molecule has 4 unspecified atom stereocenters. The van der Waals surface area contributed by atoms with Gasteiger partial charge in [-0.2, -0.15) is 0 Å². The maximum absolute atomic E-state index is 13.2. The fourth-order valence-corrected chi connectivity index (χ4v) is 4.75. The van der Waals surface area contributed by atoms with Crippen LogP contribution in [-0.2, 0) is 33.4 Å². The van der Waals surface area contributed by atoms with Crippen LogP contribution in [0.15, 0.2) is 30.4 Å². The van der Waals surface area contributed by atoms with Crippen molar-refractivity contribution in [3.63, 3.8) is 0 Å². The van der Waals surface area contributed by atoms with E-state index in [0.717, 1.165) is 9.80 Å². The number of fused-ring (bicyclic) bond motifs is 4. The van der Waals surface area contributed by atoms with Crippen molar-refractivity contribution in [2.75, 3.05) is 25.2 Å². The first kappa shape index (κ1) is 22.4. The molecule has 10 heteroatoms. The Balaban J connectivity index is 1.56. The zero-order valence-corrected chi connectivity index (χ0v) is 18.3. The Kier molecular flexibility index (Phi) is 5.39. The third-order valence-corrected chi connectivity index (χ3v) is 6.38. The van der Waals surface area contributed by atoms with Crippen LogP contribution in [0.4, 0.5) is 5.69 Å². The van der Waals surface area contributed by atoms with Crippen molar-refractivity contribution in [3.05, 3.63) is 41.5 Å². The maximum atomic E-state index is 13.2. The number of anilines is 1. The number of benzene rings is 1. The largest absolute Gasteiger partial charge is 0.459 e. The number of rotatable bonds is 6. The molecule has 4 amide bonds. The van der Waals surface area contributed by atoms with Crippen molar-refractivity contribution in [2.24, 2.45) is 23.7 Å². The van der Waals surface area contributed by atoms with Crippen LogP contribution in [0.2, 0.25) is 0 Å². The molecule has 4 rings (SSSR count). The summed E-state index contributed by atoms with van der Waals surface area (Å²) in [6.45, 7) is 6.13. The maximum Gasteiger partial charge on any atom is 0.340 e. The quantitative estimate of drug-likeness (QED) is 0.265. The molecule has 1 aromatic carbocycles. The Morgan fingerprint density at radius 1 is 0.909 bits per heavy atom.